The summed E-state index contributed by atoms with van der Waals surface area (Å²) in [4.78, 5) is 10.0. The summed E-state index contributed by atoms with van der Waals surface area (Å²) in [6, 6.07) is 5.71. The van der Waals surface area contributed by atoms with Crippen molar-refractivity contribution in [1.29, 1.82) is 0 Å². The Morgan fingerprint density at radius 3 is 2.35 bits per heavy atom. The van der Waals surface area contributed by atoms with Crippen LogP contribution in [-0.2, 0) is 10.1 Å². The molecule has 0 amide bonds. The van der Waals surface area contributed by atoms with Gasteiger partial charge in [0, 0.05) is 0 Å². The van der Waals surface area contributed by atoms with Crippen LogP contribution in [0.15, 0.2) is 35.2 Å². The second-order valence-corrected chi connectivity index (χ2v) is 5.01. The Bertz CT molecular complexity index is 748. The molecule has 1 aromatic heterocycles. The minimum absolute atomic E-state index is 0.245. The van der Waals surface area contributed by atoms with E-state index >= 15 is 0 Å². The molecular weight excluding hydrogens is 292 g/mol. The summed E-state index contributed by atoms with van der Waals surface area (Å²) in [5.74, 6) is -0.741. The van der Waals surface area contributed by atoms with Crippen LogP contribution in [0, 0.1) is 0 Å². The second-order valence-electron chi connectivity index (χ2n) is 3.59. The van der Waals surface area contributed by atoms with E-state index in [0.717, 1.165) is 22.9 Å². The molecule has 0 aliphatic carbocycles. The predicted octanol–water partition coefficient (Wildman–Crippen LogP) is 0.881. The number of hydrogen-bond donors (Lipinski definition) is 3. The van der Waals surface area contributed by atoms with E-state index in [-0.39, 0.29) is 16.5 Å². The lowest BCUT2D eigenvalue weighted by Crippen LogP contribution is -2.04. The normalized spacial score (nSPS) is 11.2. The second kappa shape index (κ2) is 4.83. The van der Waals surface area contributed by atoms with Gasteiger partial charge >= 0.3 is 6.16 Å². The summed E-state index contributed by atoms with van der Waals surface area (Å²) in [6.45, 7) is 0. The lowest BCUT2D eigenvalue weighted by atomic mass is 10.3. The summed E-state index contributed by atoms with van der Waals surface area (Å²) in [5, 5.41) is 21.7. The first-order valence-corrected chi connectivity index (χ1v) is 6.49. The molecule has 1 aromatic carbocycles. The Morgan fingerprint density at radius 1 is 1.25 bits per heavy atom. The van der Waals surface area contributed by atoms with E-state index in [1.54, 1.807) is 0 Å². The monoisotopic (exact) mass is 300 g/mol. The van der Waals surface area contributed by atoms with Gasteiger partial charge in [0.2, 0.25) is 11.8 Å². The quantitative estimate of drug-likeness (QED) is 0.560. The highest BCUT2D eigenvalue weighted by molar-refractivity contribution is 7.85. The zero-order chi connectivity index (χ0) is 14.9. The van der Waals surface area contributed by atoms with Crippen molar-refractivity contribution in [3.05, 3.63) is 30.3 Å². The SMILES string of the molecule is O=C(O)Oc1cc(O)n(-c2ccc(S(=O)(=O)O)cc2)n1. The van der Waals surface area contributed by atoms with Gasteiger partial charge in [-0.25, -0.2) is 4.79 Å². The van der Waals surface area contributed by atoms with Gasteiger partial charge in [-0.15, -0.1) is 5.10 Å². The predicted molar refractivity (Wildman–Crippen MR) is 63.7 cm³/mol. The summed E-state index contributed by atoms with van der Waals surface area (Å²) < 4.78 is 35.8. The number of ether oxygens (including phenoxy) is 1. The van der Waals surface area contributed by atoms with E-state index in [2.05, 4.69) is 9.84 Å². The van der Waals surface area contributed by atoms with Crippen molar-refractivity contribution in [2.75, 3.05) is 0 Å². The molecule has 0 aliphatic rings. The minimum Gasteiger partial charge on any atom is -0.493 e. The highest BCUT2D eigenvalue weighted by Gasteiger charge is 2.14. The van der Waals surface area contributed by atoms with Gasteiger partial charge in [0.15, 0.2) is 0 Å². The highest BCUT2D eigenvalue weighted by atomic mass is 32.2. The van der Waals surface area contributed by atoms with Gasteiger partial charge in [0.1, 0.15) is 0 Å². The zero-order valence-electron chi connectivity index (χ0n) is 9.66. The number of benzene rings is 1. The maximum atomic E-state index is 10.9. The Kier molecular flexibility index (Phi) is 3.34. The van der Waals surface area contributed by atoms with E-state index in [4.69, 9.17) is 9.66 Å². The Balaban J connectivity index is 2.37. The fourth-order valence-corrected chi connectivity index (χ4v) is 1.92. The van der Waals surface area contributed by atoms with E-state index in [1.165, 1.54) is 12.1 Å². The molecule has 0 spiro atoms. The first kappa shape index (κ1) is 13.8. The van der Waals surface area contributed by atoms with Crippen molar-refractivity contribution in [2.45, 2.75) is 4.90 Å². The van der Waals surface area contributed by atoms with Crippen molar-refractivity contribution in [3.8, 4) is 17.4 Å². The van der Waals surface area contributed by atoms with Crippen LogP contribution in [0.5, 0.6) is 11.8 Å². The molecule has 0 bridgehead atoms. The smallest absolute Gasteiger partial charge is 0.493 e. The van der Waals surface area contributed by atoms with Crippen molar-refractivity contribution in [1.82, 2.24) is 9.78 Å². The topological polar surface area (TPSA) is 139 Å². The molecule has 2 rings (SSSR count). The van der Waals surface area contributed by atoms with Gasteiger partial charge in [-0.1, -0.05) is 0 Å². The molecule has 20 heavy (non-hydrogen) atoms. The van der Waals surface area contributed by atoms with Gasteiger partial charge in [0.25, 0.3) is 10.1 Å². The molecule has 9 nitrogen and oxygen atoms in total. The first-order chi connectivity index (χ1) is 9.27. The van der Waals surface area contributed by atoms with Gasteiger partial charge in [-0.2, -0.15) is 13.1 Å². The third kappa shape index (κ3) is 2.87. The van der Waals surface area contributed by atoms with Crippen molar-refractivity contribution in [2.24, 2.45) is 0 Å². The molecule has 2 aromatic rings. The first-order valence-electron chi connectivity index (χ1n) is 5.05. The molecule has 0 atom stereocenters. The molecule has 0 aliphatic heterocycles. The van der Waals surface area contributed by atoms with Gasteiger partial charge < -0.3 is 14.9 Å². The molecule has 106 valence electrons. The average Bonchev–Trinajstić information content (AvgIpc) is 2.68. The number of nitrogens with zero attached hydrogens (tertiary/aromatic N) is 2. The fourth-order valence-electron chi connectivity index (χ4n) is 1.44. The maximum Gasteiger partial charge on any atom is 0.512 e. The van der Waals surface area contributed by atoms with Gasteiger partial charge in [-0.3, -0.25) is 4.55 Å². The number of hydrogen-bond acceptors (Lipinski definition) is 6. The van der Waals surface area contributed by atoms with Crippen LogP contribution in [0.25, 0.3) is 5.69 Å². The summed E-state index contributed by atoms with van der Waals surface area (Å²) >= 11 is 0. The minimum atomic E-state index is -4.32. The number of carboxylic acid groups (broad SMARTS) is 1. The largest absolute Gasteiger partial charge is 0.512 e. The summed E-state index contributed by atoms with van der Waals surface area (Å²) in [7, 11) is -4.32. The van der Waals surface area contributed by atoms with Gasteiger partial charge in [0.05, 0.1) is 16.6 Å². The Hall–Kier alpha value is -2.59. The number of carbonyl (C=O) groups is 1. The molecule has 0 fully saturated rings. The Labute approximate surface area is 112 Å². The molecule has 0 saturated carbocycles. The summed E-state index contributed by atoms with van der Waals surface area (Å²) in [5.41, 5.74) is 0.245. The summed E-state index contributed by atoms with van der Waals surface area (Å²) in [6.07, 6.45) is -1.59. The van der Waals surface area contributed by atoms with Crippen LogP contribution in [0.3, 0.4) is 0 Å². The van der Waals surface area contributed by atoms with Crippen LogP contribution in [-0.4, -0.2) is 39.1 Å². The molecular formula is C10H8N2O7S. The maximum absolute atomic E-state index is 10.9. The Morgan fingerprint density at radius 2 is 1.85 bits per heavy atom. The van der Waals surface area contributed by atoms with Gasteiger partial charge in [-0.05, 0) is 24.3 Å². The van der Waals surface area contributed by atoms with E-state index < -0.39 is 22.2 Å². The van der Waals surface area contributed by atoms with Crippen LogP contribution in [0.4, 0.5) is 4.79 Å². The third-order valence-corrected chi connectivity index (χ3v) is 3.11. The molecule has 10 heteroatoms. The van der Waals surface area contributed by atoms with Crippen molar-refractivity contribution < 1.29 is 32.7 Å². The standard InChI is InChI=1S/C10H8N2O7S/c13-9-5-8(19-10(14)15)11-12(9)6-1-3-7(4-2-6)20(16,17)18/h1-5,13H,(H,14,15)(H,16,17,18). The molecule has 1 heterocycles. The lowest BCUT2D eigenvalue weighted by molar-refractivity contribution is 0.142. The number of aromatic nitrogens is 2. The average molecular weight is 300 g/mol. The van der Waals surface area contributed by atoms with E-state index in [0.29, 0.717) is 0 Å². The number of aromatic hydroxyl groups is 1. The molecule has 0 saturated heterocycles. The van der Waals surface area contributed by atoms with Crippen LogP contribution < -0.4 is 4.74 Å². The third-order valence-electron chi connectivity index (χ3n) is 2.24. The van der Waals surface area contributed by atoms with Crippen molar-refractivity contribution >= 4 is 16.3 Å². The molecule has 0 unspecified atom stereocenters. The zero-order valence-corrected chi connectivity index (χ0v) is 10.5. The highest BCUT2D eigenvalue weighted by Crippen LogP contribution is 2.23. The van der Waals surface area contributed by atoms with E-state index in [1.807, 2.05) is 0 Å². The van der Waals surface area contributed by atoms with E-state index in [9.17, 15) is 18.3 Å². The molecule has 3 N–H and O–H groups in total. The lowest BCUT2D eigenvalue weighted by Gasteiger charge is -2.03. The van der Waals surface area contributed by atoms with Crippen molar-refractivity contribution in [3.63, 3.8) is 0 Å². The van der Waals surface area contributed by atoms with Crippen LogP contribution in [0.1, 0.15) is 0 Å². The molecule has 0 radical (unpaired) electrons. The number of rotatable bonds is 3. The fraction of sp³-hybridized carbons (Fsp3) is 0. The van der Waals surface area contributed by atoms with Crippen LogP contribution in [0.2, 0.25) is 0 Å². The van der Waals surface area contributed by atoms with Crippen LogP contribution >= 0.6 is 0 Å².